The molecule has 29 heavy (non-hydrogen) atoms. The molecule has 10 heteroatoms. The molecule has 3 aromatic rings. The third-order valence-corrected chi connectivity index (χ3v) is 7.10. The van der Waals surface area contributed by atoms with Gasteiger partial charge in [0.15, 0.2) is 5.76 Å². The maximum Gasteiger partial charge on any atom is 0.271 e. The Morgan fingerprint density at radius 2 is 2.00 bits per heavy atom. The van der Waals surface area contributed by atoms with Gasteiger partial charge in [-0.15, -0.1) is 11.3 Å². The number of anilines is 2. The number of nitrogens with zero attached hydrogens (tertiary/aromatic N) is 1. The first-order chi connectivity index (χ1) is 13.8. The Morgan fingerprint density at radius 1 is 1.24 bits per heavy atom. The smallest absolute Gasteiger partial charge is 0.271 e. The third-order valence-electron chi connectivity index (χ3n) is 3.86. The van der Waals surface area contributed by atoms with Crippen LogP contribution in [0.4, 0.5) is 11.4 Å². The summed E-state index contributed by atoms with van der Waals surface area (Å²) in [5, 5.41) is 6.92. The first-order valence-electron chi connectivity index (χ1n) is 8.61. The van der Waals surface area contributed by atoms with Crippen LogP contribution in [0.15, 0.2) is 45.1 Å². The highest BCUT2D eigenvalue weighted by molar-refractivity contribution is 7.94. The molecule has 0 aliphatic carbocycles. The summed E-state index contributed by atoms with van der Waals surface area (Å²) in [6, 6.07) is 9.80. The van der Waals surface area contributed by atoms with Gasteiger partial charge in [-0.25, -0.2) is 8.42 Å². The van der Waals surface area contributed by atoms with Gasteiger partial charge in [-0.05, 0) is 43.3 Å². The van der Waals surface area contributed by atoms with E-state index in [1.807, 2.05) is 0 Å². The summed E-state index contributed by atoms with van der Waals surface area (Å²) in [5.74, 6) is 0.234. The first kappa shape index (κ1) is 21.1. The van der Waals surface area contributed by atoms with Crippen molar-refractivity contribution in [1.82, 2.24) is 5.16 Å². The van der Waals surface area contributed by atoms with Crippen molar-refractivity contribution in [2.24, 2.45) is 0 Å². The molecular weight excluding hydrogens is 434 g/mol. The van der Waals surface area contributed by atoms with Crippen molar-refractivity contribution >= 4 is 62.4 Å². The van der Waals surface area contributed by atoms with Crippen LogP contribution in [-0.2, 0) is 14.8 Å². The van der Waals surface area contributed by atoms with E-state index in [0.717, 1.165) is 11.3 Å². The Hall–Kier alpha value is -2.62. The number of halogens is 1. The topological polar surface area (TPSA) is 101 Å². The van der Waals surface area contributed by atoms with Gasteiger partial charge >= 0.3 is 0 Å². The summed E-state index contributed by atoms with van der Waals surface area (Å²) >= 11 is 7.11. The lowest BCUT2D eigenvalue weighted by atomic mass is 10.2. The van der Waals surface area contributed by atoms with Crippen molar-refractivity contribution in [2.75, 3.05) is 10.0 Å². The van der Waals surface area contributed by atoms with Crippen LogP contribution in [0.5, 0.6) is 0 Å². The lowest BCUT2D eigenvalue weighted by molar-refractivity contribution is -0.115. The van der Waals surface area contributed by atoms with E-state index in [4.69, 9.17) is 16.1 Å². The monoisotopic (exact) mass is 451 g/mol. The zero-order valence-electron chi connectivity index (χ0n) is 15.6. The van der Waals surface area contributed by atoms with Crippen LogP contribution in [0, 0.1) is 6.92 Å². The number of carbonyl (C=O) groups is 1. The van der Waals surface area contributed by atoms with Crippen molar-refractivity contribution in [3.8, 4) is 0 Å². The summed E-state index contributed by atoms with van der Waals surface area (Å²) in [4.78, 5) is 12.3. The molecule has 0 aliphatic rings. The fourth-order valence-electron chi connectivity index (χ4n) is 2.35. The molecule has 2 heterocycles. The minimum absolute atomic E-state index is 0.144. The second kappa shape index (κ2) is 8.81. The molecule has 0 atom stereocenters. The number of hydrogen-bond donors (Lipinski definition) is 2. The number of amides is 1. The minimum Gasteiger partial charge on any atom is -0.354 e. The Morgan fingerprint density at radius 3 is 2.72 bits per heavy atom. The van der Waals surface area contributed by atoms with Crippen molar-refractivity contribution < 1.29 is 17.7 Å². The molecule has 3 rings (SSSR count). The Kier molecular flexibility index (Phi) is 6.41. The molecule has 7 nitrogen and oxygen atoms in total. The number of carbonyl (C=O) groups excluding carboxylic acids is 1. The molecule has 0 fully saturated rings. The lowest BCUT2D eigenvalue weighted by Crippen LogP contribution is -2.11. The Bertz CT molecular complexity index is 1170. The van der Waals surface area contributed by atoms with Crippen molar-refractivity contribution in [3.63, 3.8) is 0 Å². The normalized spacial score (nSPS) is 11.7. The fraction of sp³-hybridized carbons (Fsp3) is 0.158. The molecule has 152 valence electrons. The maximum absolute atomic E-state index is 12.6. The molecule has 2 aromatic heterocycles. The average molecular weight is 452 g/mol. The quantitative estimate of drug-likeness (QED) is 0.525. The van der Waals surface area contributed by atoms with E-state index in [0.29, 0.717) is 39.1 Å². The fourth-order valence-corrected chi connectivity index (χ4v) is 4.89. The molecule has 2 N–H and O–H groups in total. The van der Waals surface area contributed by atoms with Gasteiger partial charge in [0.05, 0.1) is 10.7 Å². The van der Waals surface area contributed by atoms with E-state index in [9.17, 15) is 13.2 Å². The van der Waals surface area contributed by atoms with Gasteiger partial charge in [0.2, 0.25) is 5.91 Å². The Balaban J connectivity index is 1.79. The van der Waals surface area contributed by atoms with Gasteiger partial charge in [0.25, 0.3) is 10.0 Å². The molecule has 1 aromatic carbocycles. The van der Waals surface area contributed by atoms with E-state index in [-0.39, 0.29) is 10.1 Å². The number of aryl methyl sites for hydroxylation is 1. The van der Waals surface area contributed by atoms with Crippen LogP contribution in [0.2, 0.25) is 5.02 Å². The second-order valence-electron chi connectivity index (χ2n) is 5.98. The summed E-state index contributed by atoms with van der Waals surface area (Å²) in [6.45, 7) is 3.47. The molecule has 0 aliphatic heterocycles. The highest BCUT2D eigenvalue weighted by Gasteiger charge is 2.18. The summed E-state index contributed by atoms with van der Waals surface area (Å²) < 4.78 is 33.0. The number of benzene rings is 1. The lowest BCUT2D eigenvalue weighted by Gasteiger charge is -2.07. The number of rotatable bonds is 7. The van der Waals surface area contributed by atoms with E-state index in [2.05, 4.69) is 15.2 Å². The number of para-hydroxylation sites is 1. The Labute approximate surface area is 177 Å². The summed E-state index contributed by atoms with van der Waals surface area (Å²) in [7, 11) is -3.76. The first-order valence-corrected chi connectivity index (χ1v) is 11.3. The molecule has 0 radical (unpaired) electrons. The molecule has 0 spiro atoms. The van der Waals surface area contributed by atoms with Gasteiger partial charge in [0.1, 0.15) is 15.6 Å². The summed E-state index contributed by atoms with van der Waals surface area (Å²) in [6.07, 6.45) is 3.66. The molecule has 0 unspecified atom stereocenters. The summed E-state index contributed by atoms with van der Waals surface area (Å²) in [5.41, 5.74) is 1.37. The van der Waals surface area contributed by atoms with Crippen LogP contribution in [0.1, 0.15) is 29.7 Å². The van der Waals surface area contributed by atoms with Gasteiger partial charge in [-0.2, -0.15) is 0 Å². The number of sulfonamides is 1. The second-order valence-corrected chi connectivity index (χ2v) is 9.42. The zero-order chi connectivity index (χ0) is 21.0. The van der Waals surface area contributed by atoms with E-state index >= 15 is 0 Å². The number of nitrogens with one attached hydrogen (secondary N) is 2. The van der Waals surface area contributed by atoms with Crippen LogP contribution in [0.25, 0.3) is 12.2 Å². The standard InChI is InChI=1S/C19H18ClN3O4S2/c1-3-17(24)21-19-12(2)22-27-16(19)10-8-13-9-11-18(28-13)29(25,26)23-15-7-5-4-6-14(15)20/h4-11,23H,3H2,1-2H3,(H,21,24). The van der Waals surface area contributed by atoms with Crippen LogP contribution in [-0.4, -0.2) is 19.5 Å². The van der Waals surface area contributed by atoms with E-state index < -0.39 is 10.0 Å². The van der Waals surface area contributed by atoms with Crippen LogP contribution < -0.4 is 10.0 Å². The molecule has 0 saturated heterocycles. The minimum atomic E-state index is -3.76. The van der Waals surface area contributed by atoms with Gasteiger partial charge in [-0.1, -0.05) is 35.8 Å². The van der Waals surface area contributed by atoms with Crippen molar-refractivity contribution in [2.45, 2.75) is 24.5 Å². The molecule has 0 saturated carbocycles. The van der Waals surface area contributed by atoms with E-state index in [1.54, 1.807) is 56.3 Å². The van der Waals surface area contributed by atoms with Gasteiger partial charge in [-0.3, -0.25) is 9.52 Å². The van der Waals surface area contributed by atoms with Gasteiger partial charge < -0.3 is 9.84 Å². The van der Waals surface area contributed by atoms with E-state index in [1.165, 1.54) is 6.07 Å². The zero-order valence-corrected chi connectivity index (χ0v) is 18.0. The molecular formula is C19H18ClN3O4S2. The predicted molar refractivity (Wildman–Crippen MR) is 116 cm³/mol. The number of thiophene rings is 1. The van der Waals surface area contributed by atoms with Crippen molar-refractivity contribution in [3.05, 3.63) is 57.8 Å². The average Bonchev–Trinajstić information content (AvgIpc) is 3.30. The molecule has 1 amide bonds. The number of aromatic nitrogens is 1. The predicted octanol–water partition coefficient (Wildman–Crippen LogP) is 5.02. The van der Waals surface area contributed by atoms with Crippen LogP contribution >= 0.6 is 22.9 Å². The SMILES string of the molecule is CCC(=O)Nc1c(C)noc1C=Cc1ccc(S(=O)(=O)Nc2ccccc2Cl)s1. The molecule has 0 bridgehead atoms. The third kappa shape index (κ3) is 5.06. The highest BCUT2D eigenvalue weighted by atomic mass is 35.5. The largest absolute Gasteiger partial charge is 0.354 e. The highest BCUT2D eigenvalue weighted by Crippen LogP contribution is 2.29. The van der Waals surface area contributed by atoms with Crippen LogP contribution in [0.3, 0.4) is 0 Å². The van der Waals surface area contributed by atoms with Crippen molar-refractivity contribution in [1.29, 1.82) is 0 Å². The maximum atomic E-state index is 12.6. The number of hydrogen-bond acceptors (Lipinski definition) is 6. The van der Waals surface area contributed by atoms with Gasteiger partial charge in [0, 0.05) is 11.3 Å².